The quantitative estimate of drug-likeness (QED) is 0.940. The molecule has 2 aromatic rings. The van der Waals surface area contributed by atoms with E-state index in [1.54, 1.807) is 24.4 Å². The van der Waals surface area contributed by atoms with E-state index in [4.69, 9.17) is 23.2 Å². The zero-order chi connectivity index (χ0) is 12.3. The Morgan fingerprint density at radius 2 is 2.24 bits per heavy atom. The third-order valence-corrected chi connectivity index (χ3v) is 3.39. The van der Waals surface area contributed by atoms with E-state index < -0.39 is 0 Å². The van der Waals surface area contributed by atoms with Crippen LogP contribution in [0.3, 0.4) is 0 Å². The summed E-state index contributed by atoms with van der Waals surface area (Å²) < 4.78 is 0. The number of benzene rings is 1. The summed E-state index contributed by atoms with van der Waals surface area (Å²) in [4.78, 5) is 15.9. The molecule has 88 valence electrons. The van der Waals surface area contributed by atoms with Crippen LogP contribution in [-0.4, -0.2) is 10.9 Å². The Morgan fingerprint density at radius 1 is 1.41 bits per heavy atom. The first kappa shape index (κ1) is 12.4. The van der Waals surface area contributed by atoms with Gasteiger partial charge in [0, 0.05) is 16.6 Å². The Morgan fingerprint density at radius 3 is 2.88 bits per heavy atom. The van der Waals surface area contributed by atoms with Gasteiger partial charge in [0.1, 0.15) is 5.01 Å². The largest absolute Gasteiger partial charge is 0.345 e. The lowest BCUT2D eigenvalue weighted by Crippen LogP contribution is -2.22. The Bertz CT molecular complexity index is 528. The summed E-state index contributed by atoms with van der Waals surface area (Å²) in [7, 11) is 0. The molecule has 1 N–H and O–H groups in total. The lowest BCUT2D eigenvalue weighted by molar-refractivity contribution is 0.0951. The van der Waals surface area contributed by atoms with Crippen LogP contribution in [0.4, 0.5) is 0 Å². The summed E-state index contributed by atoms with van der Waals surface area (Å²) >= 11 is 13.2. The molecule has 0 bridgehead atoms. The molecular formula is C11H8Cl2N2OS. The number of carbonyl (C=O) groups excluding carboxylic acids is 1. The second-order valence-electron chi connectivity index (χ2n) is 3.23. The van der Waals surface area contributed by atoms with Crippen LogP contribution < -0.4 is 5.32 Å². The number of hydrogen-bond donors (Lipinski definition) is 1. The first-order chi connectivity index (χ1) is 8.16. The molecular weight excluding hydrogens is 279 g/mol. The van der Waals surface area contributed by atoms with Crippen molar-refractivity contribution in [1.29, 1.82) is 0 Å². The van der Waals surface area contributed by atoms with E-state index >= 15 is 0 Å². The average molecular weight is 287 g/mol. The van der Waals surface area contributed by atoms with Crippen molar-refractivity contribution < 1.29 is 4.79 Å². The molecule has 0 aliphatic heterocycles. The van der Waals surface area contributed by atoms with E-state index in [0.717, 1.165) is 5.01 Å². The smallest absolute Gasteiger partial charge is 0.253 e. The maximum absolute atomic E-state index is 11.8. The highest BCUT2D eigenvalue weighted by molar-refractivity contribution is 7.09. The second-order valence-corrected chi connectivity index (χ2v) is 5.06. The predicted molar refractivity (Wildman–Crippen MR) is 69.7 cm³/mol. The van der Waals surface area contributed by atoms with E-state index in [-0.39, 0.29) is 5.91 Å². The highest BCUT2D eigenvalue weighted by Gasteiger charge is 2.10. The highest BCUT2D eigenvalue weighted by Crippen LogP contribution is 2.20. The molecule has 0 atom stereocenters. The maximum atomic E-state index is 11.8. The standard InChI is InChI=1S/C11H8Cl2N2OS/c12-7-1-2-8(9(13)5-7)11(16)15-6-10-14-3-4-17-10/h1-5H,6H2,(H,15,16). The fourth-order valence-corrected chi connectivity index (χ4v) is 2.32. The number of nitrogens with zero attached hydrogens (tertiary/aromatic N) is 1. The zero-order valence-corrected chi connectivity index (χ0v) is 10.9. The van der Waals surface area contributed by atoms with Crippen molar-refractivity contribution in [3.63, 3.8) is 0 Å². The Labute approximate surface area is 112 Å². The third kappa shape index (κ3) is 3.19. The Kier molecular flexibility index (Phi) is 3.99. The normalized spacial score (nSPS) is 10.2. The van der Waals surface area contributed by atoms with Gasteiger partial charge in [-0.15, -0.1) is 11.3 Å². The lowest BCUT2D eigenvalue weighted by atomic mass is 10.2. The lowest BCUT2D eigenvalue weighted by Gasteiger charge is -2.05. The molecule has 6 heteroatoms. The average Bonchev–Trinajstić information content (AvgIpc) is 2.78. The molecule has 17 heavy (non-hydrogen) atoms. The van der Waals surface area contributed by atoms with Gasteiger partial charge < -0.3 is 5.32 Å². The summed E-state index contributed by atoms with van der Waals surface area (Å²) in [5.41, 5.74) is 0.410. The molecule has 0 fully saturated rings. The first-order valence-corrected chi connectivity index (χ1v) is 6.42. The molecule has 0 aliphatic carbocycles. The monoisotopic (exact) mass is 286 g/mol. The maximum Gasteiger partial charge on any atom is 0.253 e. The van der Waals surface area contributed by atoms with Gasteiger partial charge in [-0.3, -0.25) is 4.79 Å². The number of nitrogens with one attached hydrogen (secondary N) is 1. The summed E-state index contributed by atoms with van der Waals surface area (Å²) in [6.45, 7) is 0.398. The number of hydrogen-bond acceptors (Lipinski definition) is 3. The molecule has 0 aliphatic rings. The number of rotatable bonds is 3. The minimum absolute atomic E-state index is 0.234. The van der Waals surface area contributed by atoms with E-state index in [1.165, 1.54) is 11.3 Å². The SMILES string of the molecule is O=C(NCc1nccs1)c1ccc(Cl)cc1Cl. The number of carbonyl (C=O) groups is 1. The van der Waals surface area contributed by atoms with Crippen LogP contribution in [0.25, 0.3) is 0 Å². The van der Waals surface area contributed by atoms with Crippen molar-refractivity contribution in [3.05, 3.63) is 50.4 Å². The second kappa shape index (κ2) is 5.49. The summed E-state index contributed by atoms with van der Waals surface area (Å²) in [6, 6.07) is 4.77. The van der Waals surface area contributed by atoms with Crippen molar-refractivity contribution in [3.8, 4) is 0 Å². The topological polar surface area (TPSA) is 42.0 Å². The first-order valence-electron chi connectivity index (χ1n) is 4.78. The van der Waals surface area contributed by atoms with Gasteiger partial charge in [-0.05, 0) is 18.2 Å². The van der Waals surface area contributed by atoms with Crippen LogP contribution in [0, 0.1) is 0 Å². The highest BCUT2D eigenvalue weighted by atomic mass is 35.5. The van der Waals surface area contributed by atoms with Crippen LogP contribution in [0.1, 0.15) is 15.4 Å². The third-order valence-electron chi connectivity index (χ3n) is 2.06. The van der Waals surface area contributed by atoms with Crippen LogP contribution >= 0.6 is 34.5 Å². The molecule has 0 saturated carbocycles. The van der Waals surface area contributed by atoms with Gasteiger partial charge in [0.05, 0.1) is 17.1 Å². The molecule has 0 saturated heterocycles. The predicted octanol–water partition coefficient (Wildman–Crippen LogP) is 3.38. The van der Waals surface area contributed by atoms with E-state index in [1.807, 2.05) is 5.38 Å². The summed E-state index contributed by atoms with van der Waals surface area (Å²) in [5, 5.41) is 6.30. The number of halogens is 2. The fourth-order valence-electron chi connectivity index (χ4n) is 1.27. The minimum atomic E-state index is -0.234. The van der Waals surface area contributed by atoms with Crippen molar-refractivity contribution >= 4 is 40.4 Å². The minimum Gasteiger partial charge on any atom is -0.345 e. The zero-order valence-electron chi connectivity index (χ0n) is 8.61. The number of aromatic nitrogens is 1. The van der Waals surface area contributed by atoms with Gasteiger partial charge in [0.25, 0.3) is 5.91 Å². The fraction of sp³-hybridized carbons (Fsp3) is 0.0909. The van der Waals surface area contributed by atoms with Gasteiger partial charge in [0.2, 0.25) is 0 Å². The van der Waals surface area contributed by atoms with Gasteiger partial charge in [-0.2, -0.15) is 0 Å². The molecule has 2 rings (SSSR count). The van der Waals surface area contributed by atoms with Crippen molar-refractivity contribution in [1.82, 2.24) is 10.3 Å². The molecule has 0 unspecified atom stereocenters. The van der Waals surface area contributed by atoms with Crippen molar-refractivity contribution in [2.24, 2.45) is 0 Å². The van der Waals surface area contributed by atoms with Crippen LogP contribution in [-0.2, 0) is 6.54 Å². The van der Waals surface area contributed by atoms with Gasteiger partial charge in [-0.25, -0.2) is 4.98 Å². The van der Waals surface area contributed by atoms with Gasteiger partial charge in [0.15, 0.2) is 0 Å². The molecule has 0 spiro atoms. The summed E-state index contributed by atoms with van der Waals surface area (Å²) in [5.74, 6) is -0.234. The molecule has 0 radical (unpaired) electrons. The molecule has 1 heterocycles. The Balaban J connectivity index is 2.04. The molecule has 1 amide bonds. The van der Waals surface area contributed by atoms with Gasteiger partial charge >= 0.3 is 0 Å². The molecule has 1 aromatic carbocycles. The van der Waals surface area contributed by atoms with Crippen molar-refractivity contribution in [2.75, 3.05) is 0 Å². The number of amides is 1. The molecule has 3 nitrogen and oxygen atoms in total. The van der Waals surface area contributed by atoms with Crippen molar-refractivity contribution in [2.45, 2.75) is 6.54 Å². The van der Waals surface area contributed by atoms with E-state index in [0.29, 0.717) is 22.2 Å². The van der Waals surface area contributed by atoms with Crippen LogP contribution in [0.5, 0.6) is 0 Å². The van der Waals surface area contributed by atoms with Crippen LogP contribution in [0.2, 0.25) is 10.0 Å². The van der Waals surface area contributed by atoms with E-state index in [9.17, 15) is 4.79 Å². The number of thiazole rings is 1. The van der Waals surface area contributed by atoms with Crippen LogP contribution in [0.15, 0.2) is 29.8 Å². The molecule has 1 aromatic heterocycles. The van der Waals surface area contributed by atoms with Gasteiger partial charge in [-0.1, -0.05) is 23.2 Å². The Hall–Kier alpha value is -1.10. The summed E-state index contributed by atoms with van der Waals surface area (Å²) in [6.07, 6.45) is 1.70. The van der Waals surface area contributed by atoms with E-state index in [2.05, 4.69) is 10.3 Å².